The third-order valence-corrected chi connectivity index (χ3v) is 5.58. The van der Waals surface area contributed by atoms with Gasteiger partial charge in [0.15, 0.2) is 17.1 Å². The minimum absolute atomic E-state index is 0.168. The maximum atomic E-state index is 13.6. The van der Waals surface area contributed by atoms with Gasteiger partial charge < -0.3 is 14.8 Å². The molecule has 1 aliphatic carbocycles. The Kier molecular flexibility index (Phi) is 3.87. The maximum absolute atomic E-state index is 13.6. The molecule has 3 aromatic rings. The zero-order chi connectivity index (χ0) is 20.3. The highest BCUT2D eigenvalue weighted by atomic mass is 19.1. The minimum Gasteiger partial charge on any atom is -0.486 e. The molecule has 0 fully saturated rings. The van der Waals surface area contributed by atoms with Crippen molar-refractivity contribution in [2.75, 3.05) is 18.5 Å². The summed E-state index contributed by atoms with van der Waals surface area (Å²) in [6, 6.07) is 3.44. The Balaban J connectivity index is 1.56. The average molecular weight is 397 g/mol. The van der Waals surface area contributed by atoms with Crippen molar-refractivity contribution in [3.63, 3.8) is 0 Å². The monoisotopic (exact) mass is 397 g/mol. The largest absolute Gasteiger partial charge is 0.486 e. The Morgan fingerprint density at radius 2 is 1.93 bits per heavy atom. The number of hydrogen-bond donors (Lipinski definition) is 1. The van der Waals surface area contributed by atoms with Crippen molar-refractivity contribution in [2.24, 2.45) is 7.05 Å². The fraction of sp³-hybridized carbons (Fsp3) is 0.350. The lowest BCUT2D eigenvalue weighted by Gasteiger charge is -2.27. The van der Waals surface area contributed by atoms with E-state index in [1.54, 1.807) is 20.2 Å². The van der Waals surface area contributed by atoms with E-state index in [1.165, 1.54) is 9.13 Å². The molecule has 0 spiro atoms. The molecule has 2 aromatic heterocycles. The number of benzene rings is 1. The molecule has 9 heteroatoms. The molecule has 0 bridgehead atoms. The maximum Gasteiger partial charge on any atom is 0.330 e. The molecular formula is C20H20FN5O3. The van der Waals surface area contributed by atoms with E-state index in [2.05, 4.69) is 15.3 Å². The van der Waals surface area contributed by atoms with Gasteiger partial charge in [0.05, 0.1) is 12.2 Å². The van der Waals surface area contributed by atoms with Gasteiger partial charge in [-0.2, -0.15) is 4.98 Å². The van der Waals surface area contributed by atoms with Crippen LogP contribution in [-0.4, -0.2) is 32.3 Å². The van der Waals surface area contributed by atoms with E-state index in [0.29, 0.717) is 47.4 Å². The topological polar surface area (TPSA) is 83.2 Å². The highest BCUT2D eigenvalue weighted by molar-refractivity contribution is 5.74. The Morgan fingerprint density at radius 3 is 2.62 bits per heavy atom. The second kappa shape index (κ2) is 6.33. The van der Waals surface area contributed by atoms with Gasteiger partial charge in [-0.05, 0) is 31.1 Å². The van der Waals surface area contributed by atoms with Crippen molar-refractivity contribution in [1.82, 2.24) is 19.1 Å². The summed E-state index contributed by atoms with van der Waals surface area (Å²) in [6.45, 7) is 4.68. The summed E-state index contributed by atoms with van der Waals surface area (Å²) in [6.07, 6.45) is 1.81. The predicted octanol–water partition coefficient (Wildman–Crippen LogP) is 3.14. The lowest BCUT2D eigenvalue weighted by atomic mass is 9.92. The van der Waals surface area contributed by atoms with Crippen molar-refractivity contribution < 1.29 is 13.9 Å². The number of aryl methyl sites for hydroxylation is 2. The van der Waals surface area contributed by atoms with Crippen LogP contribution in [0.2, 0.25) is 0 Å². The fourth-order valence-electron chi connectivity index (χ4n) is 3.74. The Bertz CT molecular complexity index is 1240. The van der Waals surface area contributed by atoms with Crippen LogP contribution in [0.15, 0.2) is 34.5 Å². The quantitative estimate of drug-likeness (QED) is 0.731. The molecule has 0 amide bonds. The Morgan fingerprint density at radius 1 is 1.21 bits per heavy atom. The number of nitrogens with zero attached hydrogens (tertiary/aromatic N) is 4. The summed E-state index contributed by atoms with van der Waals surface area (Å²) in [4.78, 5) is 21.6. The smallest absolute Gasteiger partial charge is 0.330 e. The predicted molar refractivity (Wildman–Crippen MR) is 106 cm³/mol. The van der Waals surface area contributed by atoms with Crippen LogP contribution in [0.3, 0.4) is 0 Å². The summed E-state index contributed by atoms with van der Waals surface area (Å²) >= 11 is 0. The SMILES string of the molecule is CC1=C(F)CC1n1c(=O)n(C)c2cnc(Nc3cc4c(cc3C)OCCO4)nc21. The van der Waals surface area contributed by atoms with Crippen LogP contribution in [0.1, 0.15) is 24.9 Å². The molecule has 1 unspecified atom stereocenters. The summed E-state index contributed by atoms with van der Waals surface area (Å²) in [5.74, 6) is 1.55. The molecule has 29 heavy (non-hydrogen) atoms. The minimum atomic E-state index is -0.315. The van der Waals surface area contributed by atoms with Gasteiger partial charge >= 0.3 is 5.69 Å². The van der Waals surface area contributed by atoms with Gasteiger partial charge in [0.25, 0.3) is 0 Å². The number of nitrogens with one attached hydrogen (secondary N) is 1. The van der Waals surface area contributed by atoms with Crippen molar-refractivity contribution in [3.8, 4) is 11.5 Å². The summed E-state index contributed by atoms with van der Waals surface area (Å²) in [5.41, 5.74) is 3.13. The Hall–Kier alpha value is -3.36. The lowest BCUT2D eigenvalue weighted by molar-refractivity contribution is 0.171. The molecule has 1 aliphatic heterocycles. The first-order valence-corrected chi connectivity index (χ1v) is 9.40. The van der Waals surface area contributed by atoms with Gasteiger partial charge in [-0.1, -0.05) is 0 Å². The van der Waals surface area contributed by atoms with Crippen LogP contribution in [0.25, 0.3) is 11.2 Å². The van der Waals surface area contributed by atoms with Gasteiger partial charge in [-0.25, -0.2) is 14.2 Å². The van der Waals surface area contributed by atoms with E-state index in [0.717, 1.165) is 11.3 Å². The number of imidazole rings is 1. The first-order valence-electron chi connectivity index (χ1n) is 9.40. The number of aromatic nitrogens is 4. The van der Waals surface area contributed by atoms with Crippen molar-refractivity contribution >= 4 is 22.8 Å². The summed E-state index contributed by atoms with van der Waals surface area (Å²) < 4.78 is 27.9. The first-order chi connectivity index (χ1) is 13.9. The van der Waals surface area contributed by atoms with E-state index in [1.807, 2.05) is 19.1 Å². The van der Waals surface area contributed by atoms with Gasteiger partial charge in [-0.15, -0.1) is 0 Å². The standard InChI is InChI=1S/C20H20FN5O3/c1-10-6-16-17(29-5-4-28-16)8-13(10)23-19-22-9-15-18(24-19)26(20(27)25(15)3)14-7-12(21)11(14)2/h6,8-9,14H,4-5,7H2,1-3H3,(H,22,23,24). The van der Waals surface area contributed by atoms with Crippen LogP contribution in [0.5, 0.6) is 11.5 Å². The molecule has 8 nitrogen and oxygen atoms in total. The third kappa shape index (κ3) is 2.68. The number of ether oxygens (including phenoxy) is 2. The fourth-order valence-corrected chi connectivity index (χ4v) is 3.74. The van der Waals surface area contributed by atoms with Crippen molar-refractivity contribution in [1.29, 1.82) is 0 Å². The van der Waals surface area contributed by atoms with Crippen LogP contribution >= 0.6 is 0 Å². The number of anilines is 2. The van der Waals surface area contributed by atoms with E-state index in [-0.39, 0.29) is 24.0 Å². The highest BCUT2D eigenvalue weighted by Crippen LogP contribution is 2.40. The van der Waals surface area contributed by atoms with E-state index < -0.39 is 0 Å². The molecule has 0 radical (unpaired) electrons. The first kappa shape index (κ1) is 17.7. The molecule has 0 saturated carbocycles. The van der Waals surface area contributed by atoms with E-state index >= 15 is 0 Å². The average Bonchev–Trinajstić information content (AvgIpc) is 2.96. The number of allylic oxidation sites excluding steroid dienone is 2. The second-order valence-electron chi connectivity index (χ2n) is 7.36. The summed E-state index contributed by atoms with van der Waals surface area (Å²) in [5, 5.41) is 3.20. The van der Waals surface area contributed by atoms with Crippen molar-refractivity contribution in [2.45, 2.75) is 26.3 Å². The van der Waals surface area contributed by atoms with Crippen LogP contribution in [-0.2, 0) is 7.05 Å². The van der Waals surface area contributed by atoms with Crippen molar-refractivity contribution in [3.05, 3.63) is 45.8 Å². The number of hydrogen-bond acceptors (Lipinski definition) is 6. The van der Waals surface area contributed by atoms with E-state index in [9.17, 15) is 9.18 Å². The molecule has 0 saturated heterocycles. The zero-order valence-corrected chi connectivity index (χ0v) is 16.3. The number of halogens is 1. The van der Waals surface area contributed by atoms with Crippen LogP contribution in [0.4, 0.5) is 16.0 Å². The molecule has 1 aromatic carbocycles. The molecular weight excluding hydrogens is 377 g/mol. The molecule has 1 atom stereocenters. The number of rotatable bonds is 3. The lowest BCUT2D eigenvalue weighted by Crippen LogP contribution is -2.30. The van der Waals surface area contributed by atoms with Crippen LogP contribution in [0, 0.1) is 6.92 Å². The Labute approximate surface area is 165 Å². The highest BCUT2D eigenvalue weighted by Gasteiger charge is 2.32. The normalized spacial score (nSPS) is 18.1. The van der Waals surface area contributed by atoms with Crippen LogP contribution < -0.4 is 20.5 Å². The van der Waals surface area contributed by atoms with Gasteiger partial charge in [0, 0.05) is 25.2 Å². The molecule has 150 valence electrons. The number of fused-ring (bicyclic) bond motifs is 2. The molecule has 2 aliphatic rings. The molecule has 1 N–H and O–H groups in total. The van der Waals surface area contributed by atoms with Gasteiger partial charge in [-0.3, -0.25) is 9.13 Å². The molecule has 3 heterocycles. The van der Waals surface area contributed by atoms with E-state index in [4.69, 9.17) is 9.47 Å². The second-order valence-corrected chi connectivity index (χ2v) is 7.36. The third-order valence-electron chi connectivity index (χ3n) is 5.58. The van der Waals surface area contributed by atoms with Gasteiger partial charge in [0.2, 0.25) is 5.95 Å². The summed E-state index contributed by atoms with van der Waals surface area (Å²) in [7, 11) is 1.66. The molecule has 5 rings (SSSR count). The zero-order valence-electron chi connectivity index (χ0n) is 16.3. The van der Waals surface area contributed by atoms with Gasteiger partial charge in [0.1, 0.15) is 24.6 Å².